The SMILES string of the molecule is CSc1ccc(S(=O)(=O)NCCCN)cc1Cl.Cl. The second-order valence-electron chi connectivity index (χ2n) is 3.34. The summed E-state index contributed by atoms with van der Waals surface area (Å²) in [6.07, 6.45) is 2.49. The summed E-state index contributed by atoms with van der Waals surface area (Å²) in [6.45, 7) is 0.787. The molecule has 18 heavy (non-hydrogen) atoms. The molecule has 0 saturated heterocycles. The lowest BCUT2D eigenvalue weighted by molar-refractivity contribution is 0.579. The van der Waals surface area contributed by atoms with Crippen LogP contribution in [0, 0.1) is 0 Å². The predicted octanol–water partition coefficient (Wildman–Crippen LogP) is 2.11. The number of nitrogens with one attached hydrogen (secondary N) is 1. The third-order valence-corrected chi connectivity index (χ3v) is 4.79. The van der Waals surface area contributed by atoms with E-state index in [1.165, 1.54) is 17.8 Å². The molecule has 0 saturated carbocycles. The Labute approximate surface area is 123 Å². The van der Waals surface area contributed by atoms with E-state index in [1.54, 1.807) is 12.1 Å². The Hall–Kier alpha value is 0.0200. The van der Waals surface area contributed by atoms with Crippen molar-refractivity contribution in [3.63, 3.8) is 0 Å². The molecule has 1 aromatic carbocycles. The molecule has 0 bridgehead atoms. The van der Waals surface area contributed by atoms with Crippen LogP contribution in [-0.4, -0.2) is 27.8 Å². The van der Waals surface area contributed by atoms with E-state index in [0.717, 1.165) is 4.90 Å². The van der Waals surface area contributed by atoms with Crippen molar-refractivity contribution in [2.45, 2.75) is 16.2 Å². The van der Waals surface area contributed by atoms with Crippen LogP contribution in [0.3, 0.4) is 0 Å². The van der Waals surface area contributed by atoms with Gasteiger partial charge in [-0.15, -0.1) is 24.2 Å². The highest BCUT2D eigenvalue weighted by Crippen LogP contribution is 2.27. The van der Waals surface area contributed by atoms with Gasteiger partial charge in [0.1, 0.15) is 0 Å². The van der Waals surface area contributed by atoms with Gasteiger partial charge in [-0.25, -0.2) is 13.1 Å². The van der Waals surface area contributed by atoms with Crippen molar-refractivity contribution in [3.05, 3.63) is 23.2 Å². The first-order valence-electron chi connectivity index (χ1n) is 5.04. The van der Waals surface area contributed by atoms with Crippen molar-refractivity contribution < 1.29 is 8.42 Å². The van der Waals surface area contributed by atoms with Crippen molar-refractivity contribution in [3.8, 4) is 0 Å². The van der Waals surface area contributed by atoms with Crippen LogP contribution in [0.15, 0.2) is 28.0 Å². The summed E-state index contributed by atoms with van der Waals surface area (Å²) in [5, 5.41) is 0.444. The number of rotatable bonds is 6. The zero-order chi connectivity index (χ0) is 12.9. The molecule has 8 heteroatoms. The lowest BCUT2D eigenvalue weighted by atomic mass is 10.4. The fourth-order valence-corrected chi connectivity index (χ4v) is 3.24. The molecule has 0 radical (unpaired) electrons. The smallest absolute Gasteiger partial charge is 0.240 e. The third-order valence-electron chi connectivity index (χ3n) is 2.11. The van der Waals surface area contributed by atoms with Crippen LogP contribution in [-0.2, 0) is 10.0 Å². The number of halogens is 2. The molecule has 0 amide bonds. The highest BCUT2D eigenvalue weighted by atomic mass is 35.5. The van der Waals surface area contributed by atoms with Gasteiger partial charge < -0.3 is 5.73 Å². The van der Waals surface area contributed by atoms with Crippen molar-refractivity contribution in [1.29, 1.82) is 0 Å². The second-order valence-corrected chi connectivity index (χ2v) is 6.36. The van der Waals surface area contributed by atoms with Crippen molar-refractivity contribution in [2.75, 3.05) is 19.3 Å². The van der Waals surface area contributed by atoms with Crippen LogP contribution in [0.5, 0.6) is 0 Å². The molecule has 0 atom stereocenters. The Kier molecular flexibility index (Phi) is 8.25. The maximum Gasteiger partial charge on any atom is 0.240 e. The summed E-state index contributed by atoms with van der Waals surface area (Å²) < 4.78 is 26.2. The Bertz CT molecular complexity index is 481. The lowest BCUT2D eigenvalue weighted by Gasteiger charge is -2.07. The minimum Gasteiger partial charge on any atom is -0.330 e. The predicted molar refractivity (Wildman–Crippen MR) is 79.3 cm³/mol. The number of thioether (sulfide) groups is 1. The molecule has 104 valence electrons. The van der Waals surface area contributed by atoms with E-state index in [0.29, 0.717) is 24.5 Å². The molecule has 3 N–H and O–H groups in total. The van der Waals surface area contributed by atoms with Crippen LogP contribution in [0.1, 0.15) is 6.42 Å². The topological polar surface area (TPSA) is 72.2 Å². The molecule has 0 aliphatic rings. The maximum atomic E-state index is 11.8. The molecule has 0 aliphatic carbocycles. The Balaban J connectivity index is 0.00000289. The maximum absolute atomic E-state index is 11.8. The Morgan fingerprint density at radius 3 is 2.61 bits per heavy atom. The minimum absolute atomic E-state index is 0. The first-order valence-corrected chi connectivity index (χ1v) is 8.13. The van der Waals surface area contributed by atoms with Crippen molar-refractivity contribution in [2.24, 2.45) is 5.73 Å². The quantitative estimate of drug-likeness (QED) is 0.619. The average Bonchev–Trinajstić information content (AvgIpc) is 2.29. The standard InChI is InChI=1S/C10H15ClN2O2S2.ClH/c1-16-10-4-3-8(7-9(10)11)17(14,15)13-6-2-5-12;/h3-4,7,13H,2,5-6,12H2,1H3;1H. The molecule has 0 aliphatic heterocycles. The van der Waals surface area contributed by atoms with Crippen LogP contribution in [0.2, 0.25) is 5.02 Å². The van der Waals surface area contributed by atoms with E-state index in [-0.39, 0.29) is 17.3 Å². The van der Waals surface area contributed by atoms with Crippen molar-refractivity contribution >= 4 is 45.8 Å². The lowest BCUT2D eigenvalue weighted by Crippen LogP contribution is -2.26. The molecule has 0 heterocycles. The minimum atomic E-state index is -3.48. The summed E-state index contributed by atoms with van der Waals surface area (Å²) in [6, 6.07) is 4.70. The van der Waals surface area contributed by atoms with Gasteiger partial charge in [0, 0.05) is 11.4 Å². The van der Waals surface area contributed by atoms with Crippen LogP contribution >= 0.6 is 35.8 Å². The van der Waals surface area contributed by atoms with Crippen LogP contribution in [0.25, 0.3) is 0 Å². The summed E-state index contributed by atoms with van der Waals surface area (Å²) in [4.78, 5) is 1.03. The first-order chi connectivity index (χ1) is 8.01. The van der Waals surface area contributed by atoms with Crippen molar-refractivity contribution in [1.82, 2.24) is 4.72 Å². The van der Waals surface area contributed by atoms with Gasteiger partial charge in [-0.3, -0.25) is 0 Å². The monoisotopic (exact) mass is 330 g/mol. The van der Waals surface area contributed by atoms with E-state index in [2.05, 4.69) is 4.72 Å². The number of hydrogen-bond acceptors (Lipinski definition) is 4. The summed E-state index contributed by atoms with van der Waals surface area (Å²) in [5.74, 6) is 0. The van der Waals surface area contributed by atoms with Gasteiger partial charge >= 0.3 is 0 Å². The van der Waals surface area contributed by atoms with E-state index in [4.69, 9.17) is 17.3 Å². The fourth-order valence-electron chi connectivity index (χ4n) is 1.21. The van der Waals surface area contributed by atoms with Gasteiger partial charge in [-0.2, -0.15) is 0 Å². The van der Waals surface area contributed by atoms with Gasteiger partial charge in [-0.05, 0) is 37.4 Å². The first kappa shape index (κ1) is 18.0. The van der Waals surface area contributed by atoms with Gasteiger partial charge in [-0.1, -0.05) is 11.6 Å². The molecular formula is C10H16Cl2N2O2S2. The van der Waals surface area contributed by atoms with E-state index < -0.39 is 10.0 Å². The molecular weight excluding hydrogens is 315 g/mol. The zero-order valence-electron chi connectivity index (χ0n) is 9.85. The van der Waals surface area contributed by atoms with Gasteiger partial charge in [0.25, 0.3) is 0 Å². The largest absolute Gasteiger partial charge is 0.330 e. The Morgan fingerprint density at radius 2 is 2.11 bits per heavy atom. The molecule has 0 spiro atoms. The van der Waals surface area contributed by atoms with Gasteiger partial charge in [0.05, 0.1) is 9.92 Å². The molecule has 1 rings (SSSR count). The molecule has 0 unspecified atom stereocenters. The summed E-state index contributed by atoms with van der Waals surface area (Å²) >= 11 is 7.44. The second kappa shape index (κ2) is 8.24. The van der Waals surface area contributed by atoms with Crippen LogP contribution in [0.4, 0.5) is 0 Å². The third kappa shape index (κ3) is 4.95. The molecule has 1 aromatic rings. The average molecular weight is 331 g/mol. The molecule has 0 fully saturated rings. The number of sulfonamides is 1. The highest BCUT2D eigenvalue weighted by molar-refractivity contribution is 7.98. The number of benzene rings is 1. The number of hydrogen-bond donors (Lipinski definition) is 2. The van der Waals surface area contributed by atoms with E-state index in [9.17, 15) is 8.42 Å². The van der Waals surface area contributed by atoms with E-state index >= 15 is 0 Å². The normalized spacial score (nSPS) is 11.1. The van der Waals surface area contributed by atoms with Gasteiger partial charge in [0.15, 0.2) is 0 Å². The van der Waals surface area contributed by atoms with Crippen LogP contribution < -0.4 is 10.5 Å². The highest BCUT2D eigenvalue weighted by Gasteiger charge is 2.14. The molecule has 0 aromatic heterocycles. The summed E-state index contributed by atoms with van der Waals surface area (Å²) in [7, 11) is -3.48. The van der Waals surface area contributed by atoms with Gasteiger partial charge in [0.2, 0.25) is 10.0 Å². The molecule has 4 nitrogen and oxygen atoms in total. The summed E-state index contributed by atoms with van der Waals surface area (Å²) in [5.41, 5.74) is 5.30. The number of nitrogens with two attached hydrogens (primary N) is 1. The zero-order valence-corrected chi connectivity index (χ0v) is 13.1. The van der Waals surface area contributed by atoms with E-state index in [1.807, 2.05) is 6.26 Å². The fraction of sp³-hybridized carbons (Fsp3) is 0.400. The Morgan fingerprint density at radius 1 is 1.44 bits per heavy atom.